The number of ether oxygens (including phenoxy) is 1. The van der Waals surface area contributed by atoms with Gasteiger partial charge in [0.2, 0.25) is 5.78 Å². The number of halogens is 1. The van der Waals surface area contributed by atoms with Crippen LogP contribution < -0.4 is 0 Å². The van der Waals surface area contributed by atoms with Crippen LogP contribution in [0.2, 0.25) is 0 Å². The van der Waals surface area contributed by atoms with Gasteiger partial charge in [-0.05, 0) is 13.8 Å². The van der Waals surface area contributed by atoms with E-state index in [1.54, 1.807) is 0 Å². The van der Waals surface area contributed by atoms with Crippen molar-refractivity contribution < 1.29 is 18.7 Å². The minimum Gasteiger partial charge on any atom is -0.455 e. The Morgan fingerprint density at radius 2 is 1.82 bits per heavy atom. The maximum Gasteiger partial charge on any atom is 0.303 e. The van der Waals surface area contributed by atoms with E-state index in [-0.39, 0.29) is 0 Å². The second-order valence-electron chi connectivity index (χ2n) is 2.27. The maximum absolute atomic E-state index is 12.3. The van der Waals surface area contributed by atoms with Gasteiger partial charge < -0.3 is 4.74 Å². The van der Waals surface area contributed by atoms with Crippen LogP contribution in [-0.4, -0.2) is 24.0 Å². The summed E-state index contributed by atoms with van der Waals surface area (Å²) in [7, 11) is 0. The fourth-order valence-corrected chi connectivity index (χ4v) is 0.630. The molecule has 3 nitrogen and oxygen atoms in total. The molecule has 0 radical (unpaired) electrons. The highest BCUT2D eigenvalue weighted by Crippen LogP contribution is 2.00. The lowest BCUT2D eigenvalue weighted by Crippen LogP contribution is -2.28. The van der Waals surface area contributed by atoms with Crippen molar-refractivity contribution in [1.29, 1.82) is 0 Å². The summed E-state index contributed by atoms with van der Waals surface area (Å²) >= 11 is 0. The van der Waals surface area contributed by atoms with Crippen LogP contribution in [0.15, 0.2) is 0 Å². The molecular formula is C7H11FO3. The van der Waals surface area contributed by atoms with Gasteiger partial charge in [-0.2, -0.15) is 0 Å². The molecule has 2 atom stereocenters. The first-order chi connectivity index (χ1) is 4.95. The zero-order chi connectivity index (χ0) is 9.02. The fourth-order valence-electron chi connectivity index (χ4n) is 0.630. The van der Waals surface area contributed by atoms with Gasteiger partial charge >= 0.3 is 5.97 Å². The molecule has 0 aliphatic rings. The minimum atomic E-state index is -1.58. The molecule has 0 saturated heterocycles. The lowest BCUT2D eigenvalue weighted by Gasteiger charge is -2.10. The highest BCUT2D eigenvalue weighted by Gasteiger charge is 2.21. The van der Waals surface area contributed by atoms with Gasteiger partial charge in [0.05, 0.1) is 0 Å². The van der Waals surface area contributed by atoms with Crippen LogP contribution in [0.3, 0.4) is 0 Å². The Labute approximate surface area is 64.5 Å². The molecule has 0 aromatic heterocycles. The molecule has 0 aliphatic heterocycles. The SMILES string of the molecule is CC(=O)OC(C)C(=O)C(C)F. The van der Waals surface area contributed by atoms with E-state index >= 15 is 0 Å². The molecule has 0 aromatic rings. The van der Waals surface area contributed by atoms with Gasteiger partial charge in [0.1, 0.15) is 0 Å². The summed E-state index contributed by atoms with van der Waals surface area (Å²) in [4.78, 5) is 21.0. The number of alkyl halides is 1. The van der Waals surface area contributed by atoms with Crippen LogP contribution in [0, 0.1) is 0 Å². The van der Waals surface area contributed by atoms with Crippen LogP contribution in [0.4, 0.5) is 4.39 Å². The van der Waals surface area contributed by atoms with Gasteiger partial charge in [0, 0.05) is 6.92 Å². The van der Waals surface area contributed by atoms with Crippen molar-refractivity contribution in [3.05, 3.63) is 0 Å². The molecule has 0 aromatic carbocycles. The van der Waals surface area contributed by atoms with Gasteiger partial charge in [0.25, 0.3) is 0 Å². The predicted octanol–water partition coefficient (Wildman–Crippen LogP) is 0.865. The van der Waals surface area contributed by atoms with Crippen LogP contribution in [0.1, 0.15) is 20.8 Å². The van der Waals surface area contributed by atoms with E-state index in [1.165, 1.54) is 13.8 Å². The molecule has 0 heterocycles. The zero-order valence-electron chi connectivity index (χ0n) is 6.76. The molecule has 64 valence electrons. The monoisotopic (exact) mass is 162 g/mol. The van der Waals surface area contributed by atoms with Crippen LogP contribution in [-0.2, 0) is 14.3 Å². The van der Waals surface area contributed by atoms with Crippen molar-refractivity contribution in [2.75, 3.05) is 0 Å². The highest BCUT2D eigenvalue weighted by molar-refractivity contribution is 5.88. The van der Waals surface area contributed by atoms with Crippen LogP contribution >= 0.6 is 0 Å². The zero-order valence-corrected chi connectivity index (χ0v) is 6.76. The summed E-state index contributed by atoms with van der Waals surface area (Å²) < 4.78 is 16.7. The van der Waals surface area contributed by atoms with Gasteiger partial charge in [-0.15, -0.1) is 0 Å². The second-order valence-corrected chi connectivity index (χ2v) is 2.27. The number of hydrogen-bond donors (Lipinski definition) is 0. The molecule has 0 spiro atoms. The Morgan fingerprint density at radius 1 is 1.36 bits per heavy atom. The van der Waals surface area contributed by atoms with E-state index in [2.05, 4.69) is 4.74 Å². The fraction of sp³-hybridized carbons (Fsp3) is 0.714. The molecule has 0 rings (SSSR count). The van der Waals surface area contributed by atoms with Crippen molar-refractivity contribution >= 4 is 11.8 Å². The summed E-state index contributed by atoms with van der Waals surface area (Å²) in [5.41, 5.74) is 0. The topological polar surface area (TPSA) is 43.4 Å². The van der Waals surface area contributed by atoms with Crippen molar-refractivity contribution in [3.8, 4) is 0 Å². The maximum atomic E-state index is 12.3. The normalized spacial score (nSPS) is 15.3. The molecule has 0 aliphatic carbocycles. The van der Waals surface area contributed by atoms with Crippen molar-refractivity contribution in [3.63, 3.8) is 0 Å². The van der Waals surface area contributed by atoms with Crippen LogP contribution in [0.5, 0.6) is 0 Å². The average Bonchev–Trinajstić information content (AvgIpc) is 1.84. The third-order valence-corrected chi connectivity index (χ3v) is 1.14. The Bertz CT molecular complexity index is 165. The summed E-state index contributed by atoms with van der Waals surface area (Å²) in [6, 6.07) is 0. The first kappa shape index (κ1) is 10.1. The highest BCUT2D eigenvalue weighted by atomic mass is 19.1. The van der Waals surface area contributed by atoms with Crippen LogP contribution in [0.25, 0.3) is 0 Å². The Hall–Kier alpha value is -0.930. The predicted molar refractivity (Wildman–Crippen MR) is 36.8 cm³/mol. The number of carbonyl (C=O) groups excluding carboxylic acids is 2. The number of esters is 1. The Morgan fingerprint density at radius 3 is 2.09 bits per heavy atom. The Balaban J connectivity index is 3.93. The third kappa shape index (κ3) is 3.70. The summed E-state index contributed by atoms with van der Waals surface area (Å²) in [6.45, 7) is 3.63. The van der Waals surface area contributed by atoms with Gasteiger partial charge in [-0.25, -0.2) is 4.39 Å². The lowest BCUT2D eigenvalue weighted by molar-refractivity contribution is -0.153. The molecular weight excluding hydrogens is 151 g/mol. The molecule has 11 heavy (non-hydrogen) atoms. The molecule has 2 unspecified atom stereocenters. The van der Waals surface area contributed by atoms with Gasteiger partial charge in [0.15, 0.2) is 12.3 Å². The smallest absolute Gasteiger partial charge is 0.303 e. The van der Waals surface area contributed by atoms with E-state index in [4.69, 9.17) is 0 Å². The first-order valence-corrected chi connectivity index (χ1v) is 3.30. The van der Waals surface area contributed by atoms with Crippen molar-refractivity contribution in [1.82, 2.24) is 0 Å². The molecule has 0 N–H and O–H groups in total. The number of ketones is 1. The second kappa shape index (κ2) is 4.05. The summed E-state index contributed by atoms with van der Waals surface area (Å²) in [5.74, 6) is -1.29. The number of hydrogen-bond acceptors (Lipinski definition) is 3. The van der Waals surface area contributed by atoms with E-state index in [0.717, 1.165) is 6.92 Å². The molecule has 0 bridgehead atoms. The Kier molecular flexibility index (Phi) is 3.71. The summed E-state index contributed by atoms with van der Waals surface area (Å²) in [6.07, 6.45) is -2.56. The third-order valence-electron chi connectivity index (χ3n) is 1.14. The van der Waals surface area contributed by atoms with E-state index < -0.39 is 24.0 Å². The van der Waals surface area contributed by atoms with Gasteiger partial charge in [-0.3, -0.25) is 9.59 Å². The lowest BCUT2D eigenvalue weighted by atomic mass is 10.2. The quantitative estimate of drug-likeness (QED) is 0.578. The van der Waals surface area contributed by atoms with E-state index in [9.17, 15) is 14.0 Å². The molecule has 0 saturated carbocycles. The van der Waals surface area contributed by atoms with E-state index in [0.29, 0.717) is 0 Å². The molecule has 4 heteroatoms. The molecule has 0 fully saturated rings. The number of rotatable bonds is 3. The summed E-state index contributed by atoms with van der Waals surface area (Å²) in [5, 5.41) is 0. The minimum absolute atomic E-state index is 0.577. The number of Topliss-reactive ketones (excluding diaryl/α,β-unsaturated/α-hetero) is 1. The van der Waals surface area contributed by atoms with E-state index in [1.807, 2.05) is 0 Å². The van der Waals surface area contributed by atoms with Crippen molar-refractivity contribution in [2.24, 2.45) is 0 Å². The largest absolute Gasteiger partial charge is 0.455 e. The molecule has 0 amide bonds. The number of carbonyl (C=O) groups is 2. The standard InChI is InChI=1S/C7H11FO3/c1-4(8)7(10)5(2)11-6(3)9/h4-5H,1-3H3. The first-order valence-electron chi connectivity index (χ1n) is 3.30. The van der Waals surface area contributed by atoms with Gasteiger partial charge in [-0.1, -0.05) is 0 Å². The van der Waals surface area contributed by atoms with Crippen molar-refractivity contribution in [2.45, 2.75) is 33.0 Å². The average molecular weight is 162 g/mol.